The summed E-state index contributed by atoms with van der Waals surface area (Å²) in [4.78, 5) is 11.4. The molecule has 0 aromatic rings. The highest BCUT2D eigenvalue weighted by molar-refractivity contribution is 5.74. The van der Waals surface area contributed by atoms with E-state index in [4.69, 9.17) is 5.73 Å². The maximum atomic E-state index is 11.4. The minimum absolute atomic E-state index is 0.0782. The molecular weight excluding hydrogens is 318 g/mol. The number of hydrogen-bond donors (Lipinski definition) is 1. The number of nitrogens with two attached hydrogens (primary N) is 1. The third-order valence-electron chi connectivity index (χ3n) is 10.2. The molecular formula is C24H41NO. The van der Waals surface area contributed by atoms with Crippen molar-refractivity contribution in [3.63, 3.8) is 0 Å². The summed E-state index contributed by atoms with van der Waals surface area (Å²) in [7, 11) is 0. The molecule has 4 bridgehead atoms. The lowest BCUT2D eigenvalue weighted by molar-refractivity contribution is -0.123. The summed E-state index contributed by atoms with van der Waals surface area (Å²) in [6, 6.07) is 0. The first kappa shape index (κ1) is 18.8. The Morgan fingerprint density at radius 3 is 1.50 bits per heavy atom. The second kappa shape index (κ2) is 6.52. The first-order chi connectivity index (χ1) is 12.3. The molecule has 26 heavy (non-hydrogen) atoms. The quantitative estimate of drug-likeness (QED) is 0.564. The highest BCUT2D eigenvalue weighted by Crippen LogP contribution is 2.63. The zero-order valence-corrected chi connectivity index (χ0v) is 17.4. The Hall–Kier alpha value is -0.530. The van der Waals surface area contributed by atoms with Crippen LogP contribution < -0.4 is 5.73 Å². The first-order valence-corrected chi connectivity index (χ1v) is 11.6. The molecule has 0 aromatic carbocycles. The van der Waals surface area contributed by atoms with Crippen LogP contribution >= 0.6 is 0 Å². The molecule has 2 heteroatoms. The molecule has 6 aliphatic carbocycles. The molecule has 6 aliphatic rings. The number of carbonyl (C=O) groups excluding carboxylic acids is 1. The minimum atomic E-state index is -0.0782. The summed E-state index contributed by atoms with van der Waals surface area (Å²) < 4.78 is 0. The van der Waals surface area contributed by atoms with Crippen LogP contribution in [0.4, 0.5) is 0 Å². The van der Waals surface area contributed by atoms with Crippen LogP contribution in [0.3, 0.4) is 0 Å². The van der Waals surface area contributed by atoms with E-state index >= 15 is 0 Å². The SMILES string of the molecule is CC(C)C12CCC(CCCC34CCC(CC(N)=O)(CC3)CC4)(CC1)CC2. The molecule has 6 saturated carbocycles. The van der Waals surface area contributed by atoms with E-state index in [1.54, 1.807) is 0 Å². The summed E-state index contributed by atoms with van der Waals surface area (Å²) in [5, 5.41) is 0. The Morgan fingerprint density at radius 2 is 1.12 bits per heavy atom. The number of amides is 1. The lowest BCUT2D eigenvalue weighted by atomic mass is 9.49. The van der Waals surface area contributed by atoms with Gasteiger partial charge in [-0.15, -0.1) is 0 Å². The van der Waals surface area contributed by atoms with Gasteiger partial charge >= 0.3 is 0 Å². The van der Waals surface area contributed by atoms with Crippen molar-refractivity contribution in [2.75, 3.05) is 0 Å². The third kappa shape index (κ3) is 3.24. The van der Waals surface area contributed by atoms with E-state index in [0.29, 0.717) is 28.1 Å². The van der Waals surface area contributed by atoms with Crippen molar-refractivity contribution in [2.24, 2.45) is 33.3 Å². The molecule has 0 spiro atoms. The minimum Gasteiger partial charge on any atom is -0.370 e. The number of fused-ring (bicyclic) bond motifs is 6. The molecule has 0 aliphatic heterocycles. The van der Waals surface area contributed by atoms with E-state index in [1.807, 2.05) is 0 Å². The molecule has 0 atom stereocenters. The van der Waals surface area contributed by atoms with E-state index in [1.165, 1.54) is 96.3 Å². The van der Waals surface area contributed by atoms with Gasteiger partial charge in [-0.3, -0.25) is 4.79 Å². The van der Waals surface area contributed by atoms with Gasteiger partial charge in [-0.05, 0) is 117 Å². The van der Waals surface area contributed by atoms with Crippen LogP contribution in [0.5, 0.6) is 0 Å². The molecule has 2 N–H and O–H groups in total. The van der Waals surface area contributed by atoms with Gasteiger partial charge in [-0.2, -0.15) is 0 Å². The van der Waals surface area contributed by atoms with E-state index in [9.17, 15) is 4.79 Å². The van der Waals surface area contributed by atoms with Crippen molar-refractivity contribution in [3.8, 4) is 0 Å². The van der Waals surface area contributed by atoms with Gasteiger partial charge in [0.15, 0.2) is 0 Å². The van der Waals surface area contributed by atoms with E-state index in [0.717, 1.165) is 5.92 Å². The standard InChI is InChI=1S/C24H41NO/c1-19(2)24-15-12-22(13-16-24,14-17-24)5-3-4-21-6-9-23(10-7-21,11-8-21)18-20(25)26/h19H,3-18H2,1-2H3,(H2,25,26). The van der Waals surface area contributed by atoms with Crippen molar-refractivity contribution < 1.29 is 4.79 Å². The Bertz CT molecular complexity index is 499. The topological polar surface area (TPSA) is 43.1 Å². The zero-order chi connectivity index (χ0) is 18.5. The van der Waals surface area contributed by atoms with Crippen LogP contribution in [-0.2, 0) is 4.79 Å². The second-order valence-electron chi connectivity index (χ2n) is 11.5. The Balaban J connectivity index is 1.27. The summed E-state index contributed by atoms with van der Waals surface area (Å²) >= 11 is 0. The summed E-state index contributed by atoms with van der Waals surface area (Å²) in [5.41, 5.74) is 7.86. The average Bonchev–Trinajstić information content (AvgIpc) is 2.64. The Labute approximate surface area is 161 Å². The summed E-state index contributed by atoms with van der Waals surface area (Å²) in [5.74, 6) is 0.801. The van der Waals surface area contributed by atoms with Crippen molar-refractivity contribution >= 4 is 5.91 Å². The number of hydrogen-bond acceptors (Lipinski definition) is 1. The van der Waals surface area contributed by atoms with Gasteiger partial charge < -0.3 is 5.73 Å². The molecule has 1 amide bonds. The summed E-state index contributed by atoms with van der Waals surface area (Å²) in [6.45, 7) is 4.92. The largest absolute Gasteiger partial charge is 0.370 e. The molecule has 6 rings (SSSR count). The zero-order valence-electron chi connectivity index (χ0n) is 17.4. The van der Waals surface area contributed by atoms with Crippen LogP contribution in [-0.4, -0.2) is 5.91 Å². The van der Waals surface area contributed by atoms with Crippen molar-refractivity contribution in [1.82, 2.24) is 0 Å². The molecule has 0 radical (unpaired) electrons. The monoisotopic (exact) mass is 359 g/mol. The van der Waals surface area contributed by atoms with Crippen molar-refractivity contribution in [2.45, 2.75) is 117 Å². The number of rotatable bonds is 7. The van der Waals surface area contributed by atoms with E-state index in [2.05, 4.69) is 13.8 Å². The molecule has 0 heterocycles. The van der Waals surface area contributed by atoms with E-state index < -0.39 is 0 Å². The molecule has 148 valence electrons. The van der Waals surface area contributed by atoms with Gasteiger partial charge in [0.2, 0.25) is 5.91 Å². The lowest BCUT2D eigenvalue weighted by Gasteiger charge is -2.56. The predicted octanol–water partition coefficient (Wildman–Crippen LogP) is 6.37. The molecule has 0 aromatic heterocycles. The third-order valence-corrected chi connectivity index (χ3v) is 10.2. The highest BCUT2D eigenvalue weighted by Gasteiger charge is 2.51. The maximum Gasteiger partial charge on any atom is 0.217 e. The second-order valence-corrected chi connectivity index (χ2v) is 11.5. The smallest absolute Gasteiger partial charge is 0.217 e. The van der Waals surface area contributed by atoms with Crippen LogP contribution in [0.2, 0.25) is 0 Å². The fourth-order valence-corrected chi connectivity index (χ4v) is 7.72. The van der Waals surface area contributed by atoms with Crippen molar-refractivity contribution in [3.05, 3.63) is 0 Å². The van der Waals surface area contributed by atoms with Gasteiger partial charge in [-0.1, -0.05) is 20.3 Å². The molecule has 6 fully saturated rings. The number of primary amides is 1. The number of carbonyl (C=O) groups is 1. The lowest BCUT2D eigenvalue weighted by Crippen LogP contribution is -2.45. The fraction of sp³-hybridized carbons (Fsp3) is 0.958. The van der Waals surface area contributed by atoms with Gasteiger partial charge in [-0.25, -0.2) is 0 Å². The predicted molar refractivity (Wildman–Crippen MR) is 108 cm³/mol. The van der Waals surface area contributed by atoms with Gasteiger partial charge in [0, 0.05) is 6.42 Å². The molecule has 0 saturated heterocycles. The van der Waals surface area contributed by atoms with Crippen LogP contribution in [0.1, 0.15) is 117 Å². The average molecular weight is 360 g/mol. The van der Waals surface area contributed by atoms with Crippen LogP contribution in [0, 0.1) is 27.6 Å². The Kier molecular flexibility index (Phi) is 4.72. The Morgan fingerprint density at radius 1 is 0.731 bits per heavy atom. The fourth-order valence-electron chi connectivity index (χ4n) is 7.72. The summed E-state index contributed by atoms with van der Waals surface area (Å²) in [6.07, 6.45) is 22.0. The van der Waals surface area contributed by atoms with Crippen molar-refractivity contribution in [1.29, 1.82) is 0 Å². The maximum absolute atomic E-state index is 11.4. The van der Waals surface area contributed by atoms with E-state index in [-0.39, 0.29) is 5.91 Å². The van der Waals surface area contributed by atoms with Gasteiger partial charge in [0.1, 0.15) is 0 Å². The van der Waals surface area contributed by atoms with Crippen LogP contribution in [0.25, 0.3) is 0 Å². The van der Waals surface area contributed by atoms with Crippen LogP contribution in [0.15, 0.2) is 0 Å². The molecule has 2 nitrogen and oxygen atoms in total. The van der Waals surface area contributed by atoms with Gasteiger partial charge in [0.05, 0.1) is 0 Å². The normalized spacial score (nSPS) is 44.6. The first-order valence-electron chi connectivity index (χ1n) is 11.6. The highest BCUT2D eigenvalue weighted by atomic mass is 16.1. The molecule has 0 unspecified atom stereocenters. The van der Waals surface area contributed by atoms with Gasteiger partial charge in [0.25, 0.3) is 0 Å².